The Morgan fingerprint density at radius 1 is 0.541 bits per heavy atom. The molecule has 6 aromatic rings. The number of nitrogens with one attached hydrogen (secondary N) is 2. The van der Waals surface area contributed by atoms with E-state index in [-0.39, 0.29) is 47.4 Å². The minimum atomic E-state index is -4.61. The molecule has 2 aromatic heterocycles. The first kappa shape index (κ1) is 54.7. The van der Waals surface area contributed by atoms with Gasteiger partial charge in [0, 0.05) is 34.8 Å². The number of carboxylic acids is 2. The lowest BCUT2D eigenvalue weighted by molar-refractivity contribution is -0.140. The van der Waals surface area contributed by atoms with E-state index in [0.717, 1.165) is 74.9 Å². The number of rotatable bonds is 20. The molecule has 0 aliphatic heterocycles. The number of nitrogens with zero attached hydrogens (tertiary/aromatic N) is 2. The van der Waals surface area contributed by atoms with Crippen LogP contribution < -0.4 is 10.6 Å². The van der Waals surface area contributed by atoms with E-state index in [1.807, 2.05) is 85.4 Å². The van der Waals surface area contributed by atoms with Crippen molar-refractivity contribution in [1.29, 1.82) is 0 Å². The third kappa shape index (κ3) is 13.3. The minimum Gasteiger partial charge on any atom is -0.481 e. The van der Waals surface area contributed by atoms with Crippen molar-refractivity contribution in [2.24, 2.45) is 11.8 Å². The van der Waals surface area contributed by atoms with Crippen molar-refractivity contribution in [2.45, 2.75) is 128 Å². The molecule has 6 atom stereocenters. The monoisotopic (exact) mass is 1020 g/mol. The van der Waals surface area contributed by atoms with Crippen LogP contribution in [0.15, 0.2) is 121 Å². The molecule has 16 heteroatoms. The van der Waals surface area contributed by atoms with Crippen LogP contribution in [-0.2, 0) is 47.6 Å². The lowest BCUT2D eigenvalue weighted by Gasteiger charge is -2.20. The van der Waals surface area contributed by atoms with Gasteiger partial charge in [-0.05, 0) is 173 Å². The van der Waals surface area contributed by atoms with Gasteiger partial charge in [0.2, 0.25) is 0 Å². The van der Waals surface area contributed by atoms with E-state index in [1.54, 1.807) is 12.1 Å². The molecule has 0 bridgehead atoms. The summed E-state index contributed by atoms with van der Waals surface area (Å²) < 4.78 is 85.5. The Balaban J connectivity index is 0.000000216. The van der Waals surface area contributed by atoms with Crippen LogP contribution in [0.3, 0.4) is 0 Å². The highest BCUT2D eigenvalue weighted by atomic mass is 19.4. The molecule has 4 N–H and O–H groups in total. The van der Waals surface area contributed by atoms with E-state index in [9.17, 15) is 55.7 Å². The molecule has 0 unspecified atom stereocenters. The Bertz CT molecular complexity index is 2730. The normalized spacial score (nSPS) is 17.9. The summed E-state index contributed by atoms with van der Waals surface area (Å²) in [5.74, 6) is -6.16. The predicted molar refractivity (Wildman–Crippen MR) is 272 cm³/mol. The van der Waals surface area contributed by atoms with Gasteiger partial charge in [0.05, 0.1) is 23.0 Å². The molecule has 2 saturated carbocycles. The number of aliphatic carboxylic acids is 2. The molecule has 4 aromatic carbocycles. The van der Waals surface area contributed by atoms with Crippen LogP contribution >= 0.6 is 0 Å². The smallest absolute Gasteiger partial charge is 0.416 e. The van der Waals surface area contributed by atoms with Crippen LogP contribution in [0.25, 0.3) is 0 Å². The summed E-state index contributed by atoms with van der Waals surface area (Å²) in [6.45, 7) is 8.15. The van der Waals surface area contributed by atoms with Crippen LogP contribution in [0.5, 0.6) is 0 Å². The maximum Gasteiger partial charge on any atom is 0.416 e. The highest BCUT2D eigenvalue weighted by molar-refractivity contribution is 6.04. The first-order valence-electron chi connectivity index (χ1n) is 25.2. The molecule has 392 valence electrons. The van der Waals surface area contributed by atoms with Gasteiger partial charge in [-0.2, -0.15) is 26.3 Å². The molecule has 0 spiro atoms. The van der Waals surface area contributed by atoms with Gasteiger partial charge < -0.3 is 30.0 Å². The number of alkyl halides is 6. The molecule has 2 aliphatic carbocycles. The van der Waals surface area contributed by atoms with Crippen molar-refractivity contribution in [3.8, 4) is 0 Å². The number of amides is 2. The number of carbonyl (C=O) groups excluding carboxylic acids is 2. The number of hydrogen-bond donors (Lipinski definition) is 4. The molecular formula is C58H62F6N4O6. The first-order chi connectivity index (χ1) is 35.2. The quantitative estimate of drug-likeness (QED) is 0.0561. The molecule has 2 amide bonds. The van der Waals surface area contributed by atoms with Crippen molar-refractivity contribution in [3.63, 3.8) is 0 Å². The fourth-order valence-corrected chi connectivity index (χ4v) is 9.83. The number of carbonyl (C=O) groups is 4. The molecule has 2 fully saturated rings. The van der Waals surface area contributed by atoms with Crippen molar-refractivity contribution >= 4 is 35.1 Å². The zero-order valence-corrected chi connectivity index (χ0v) is 41.8. The number of anilines is 2. The zero-order chi connectivity index (χ0) is 53.5. The second kappa shape index (κ2) is 23.4. The summed E-state index contributed by atoms with van der Waals surface area (Å²) in [7, 11) is 0. The van der Waals surface area contributed by atoms with Crippen molar-refractivity contribution in [3.05, 3.63) is 177 Å². The van der Waals surface area contributed by atoms with Gasteiger partial charge in [0.25, 0.3) is 11.8 Å². The standard InChI is InChI=1S/2C29H31F3N2O3/c2*1-3-18(2)34-21(11-7-10-19-8-5-4-6-9-19)13-15-26(34)27(35)33-20-12-14-25(29(30,31)32)23(16-20)22-17-24(22)28(36)37/h2*4-6,8-9,12-16,18,22,24H,3,7,10-11,17H2,1-2H3,(H,33,35)(H,36,37)/t18-,22+,24+;18-,22-,24-/m00/s1. The van der Waals surface area contributed by atoms with E-state index in [1.165, 1.54) is 35.4 Å². The molecule has 10 nitrogen and oxygen atoms in total. The topological polar surface area (TPSA) is 143 Å². The highest BCUT2D eigenvalue weighted by Gasteiger charge is 2.49. The minimum absolute atomic E-state index is 0.0634. The highest BCUT2D eigenvalue weighted by Crippen LogP contribution is 2.53. The number of aromatic nitrogens is 2. The Morgan fingerprint density at radius 2 is 0.905 bits per heavy atom. The molecular weight excluding hydrogens is 963 g/mol. The van der Waals surface area contributed by atoms with E-state index >= 15 is 0 Å². The van der Waals surface area contributed by atoms with Crippen LogP contribution in [0.4, 0.5) is 37.7 Å². The molecule has 74 heavy (non-hydrogen) atoms. The largest absolute Gasteiger partial charge is 0.481 e. The van der Waals surface area contributed by atoms with Gasteiger partial charge in [-0.15, -0.1) is 0 Å². The zero-order valence-electron chi connectivity index (χ0n) is 41.8. The first-order valence-corrected chi connectivity index (χ1v) is 25.2. The number of hydrogen-bond acceptors (Lipinski definition) is 4. The Morgan fingerprint density at radius 3 is 1.22 bits per heavy atom. The number of benzene rings is 4. The second-order valence-corrected chi connectivity index (χ2v) is 19.4. The maximum absolute atomic E-state index is 13.6. The van der Waals surface area contributed by atoms with Crippen LogP contribution in [0.1, 0.15) is 156 Å². The summed E-state index contributed by atoms with van der Waals surface area (Å²) in [6, 6.07) is 34.7. The molecule has 8 rings (SSSR count). The van der Waals surface area contributed by atoms with Gasteiger partial charge in [-0.25, -0.2) is 0 Å². The number of carboxylic acid groups (broad SMARTS) is 2. The number of halogens is 6. The van der Waals surface area contributed by atoms with Gasteiger partial charge in [0.1, 0.15) is 11.4 Å². The van der Waals surface area contributed by atoms with Crippen molar-refractivity contribution < 1.29 is 55.7 Å². The summed E-state index contributed by atoms with van der Waals surface area (Å²) in [6.07, 6.45) is -2.05. The average Bonchev–Trinajstić information content (AvgIpc) is 4.27. The van der Waals surface area contributed by atoms with Gasteiger partial charge in [0.15, 0.2) is 0 Å². The lowest BCUT2D eigenvalue weighted by Crippen LogP contribution is -2.21. The van der Waals surface area contributed by atoms with Crippen LogP contribution in [0.2, 0.25) is 0 Å². The van der Waals surface area contributed by atoms with Gasteiger partial charge >= 0.3 is 24.3 Å². The van der Waals surface area contributed by atoms with Crippen molar-refractivity contribution in [2.75, 3.05) is 10.6 Å². The Kier molecular flexibility index (Phi) is 17.3. The fraction of sp³-hybridized carbons (Fsp3) is 0.379. The predicted octanol–water partition coefficient (Wildman–Crippen LogP) is 14.2. The molecule has 2 aliphatic rings. The Hall–Kier alpha value is -7.10. The maximum atomic E-state index is 13.6. The third-order valence-corrected chi connectivity index (χ3v) is 14.3. The molecule has 0 saturated heterocycles. The van der Waals surface area contributed by atoms with E-state index in [2.05, 4.69) is 34.9 Å². The molecule has 2 heterocycles. The summed E-state index contributed by atoms with van der Waals surface area (Å²) in [5.41, 5.74) is 4.00. The van der Waals surface area contributed by atoms with Crippen LogP contribution in [-0.4, -0.2) is 43.1 Å². The number of aryl methyl sites for hydroxylation is 4. The van der Waals surface area contributed by atoms with E-state index in [0.29, 0.717) is 11.4 Å². The van der Waals surface area contributed by atoms with E-state index in [4.69, 9.17) is 0 Å². The van der Waals surface area contributed by atoms with Crippen LogP contribution in [0, 0.1) is 11.8 Å². The summed E-state index contributed by atoms with van der Waals surface area (Å²) >= 11 is 0. The summed E-state index contributed by atoms with van der Waals surface area (Å²) in [4.78, 5) is 49.1. The summed E-state index contributed by atoms with van der Waals surface area (Å²) in [5, 5.41) is 23.9. The SMILES string of the molecule is CC[C@H](C)n1c(CCCc2ccccc2)ccc1C(=O)Nc1ccc(C(F)(F)F)c([C@@H]2C[C@@H]2C(=O)O)c1.CC[C@H](C)n1c(CCCc2ccccc2)ccc1C(=O)Nc1ccc(C(F)(F)F)c([C@H]2C[C@H]2C(=O)O)c1. The van der Waals surface area contributed by atoms with Crippen molar-refractivity contribution in [1.82, 2.24) is 9.13 Å². The average molecular weight is 1030 g/mol. The van der Waals surface area contributed by atoms with Gasteiger partial charge in [-0.1, -0.05) is 74.5 Å². The second-order valence-electron chi connectivity index (χ2n) is 19.4. The lowest BCUT2D eigenvalue weighted by atomic mass is 10.0. The fourth-order valence-electron chi connectivity index (χ4n) is 9.83. The van der Waals surface area contributed by atoms with E-state index < -0.39 is 70.9 Å². The third-order valence-electron chi connectivity index (χ3n) is 14.3. The van der Waals surface area contributed by atoms with Gasteiger partial charge in [-0.3, -0.25) is 19.2 Å². The molecule has 0 radical (unpaired) electrons. The Labute approximate surface area is 426 Å².